The number of quaternary nitrogens is 1. The van der Waals surface area contributed by atoms with Crippen LogP contribution in [0, 0.1) is 0 Å². The first-order valence-corrected chi connectivity index (χ1v) is 14.0. The van der Waals surface area contributed by atoms with Crippen molar-refractivity contribution in [2.45, 2.75) is 122 Å². The van der Waals surface area contributed by atoms with Gasteiger partial charge in [0.1, 0.15) is 0 Å². The molecule has 3 N–H and O–H groups in total. The van der Waals surface area contributed by atoms with Crippen molar-refractivity contribution in [1.29, 1.82) is 0 Å². The van der Waals surface area contributed by atoms with Crippen molar-refractivity contribution in [1.82, 2.24) is 0 Å². The molecule has 0 rings (SSSR count). The second-order valence-corrected chi connectivity index (χ2v) is 9.98. The maximum absolute atomic E-state index is 11.0. The zero-order valence-electron chi connectivity index (χ0n) is 22.2. The van der Waals surface area contributed by atoms with Gasteiger partial charge in [-0.05, 0) is 18.9 Å². The van der Waals surface area contributed by atoms with E-state index >= 15 is 0 Å². The Morgan fingerprint density at radius 1 is 0.543 bits per heavy atom. The molecule has 0 radical (unpaired) electrons. The summed E-state index contributed by atoms with van der Waals surface area (Å²) in [6, 6.07) is 0. The van der Waals surface area contributed by atoms with Crippen molar-refractivity contribution in [3.8, 4) is 0 Å². The van der Waals surface area contributed by atoms with E-state index in [1.165, 1.54) is 64.2 Å². The van der Waals surface area contributed by atoms with Gasteiger partial charge < -0.3 is 19.8 Å². The largest absolute Gasteiger partial charge is 0.481 e. The van der Waals surface area contributed by atoms with Gasteiger partial charge in [-0.25, -0.2) is 0 Å². The standard InChI is InChI=1S/C28H51NO6/c1-2-3-4-5-6-7-8-9-10-11-12-13-14-15-22-29(23-16-19-26(30)31,24-17-20-27(32)33)25-18-21-28(34)35/h14-15H,2-13,16-25H2,1H3,(H2-,30,31,32,33,34,35)/p+1/b15-14+. The number of rotatable bonds is 26. The summed E-state index contributed by atoms with van der Waals surface area (Å²) in [5, 5.41) is 27.1. The van der Waals surface area contributed by atoms with E-state index in [-0.39, 0.29) is 19.3 Å². The third kappa shape index (κ3) is 22.3. The Balaban J connectivity index is 4.49. The molecular formula is C28H52NO6+. The van der Waals surface area contributed by atoms with Crippen LogP contribution in [0.4, 0.5) is 0 Å². The number of unbranched alkanes of at least 4 members (excludes halogenated alkanes) is 11. The van der Waals surface area contributed by atoms with Gasteiger partial charge in [-0.15, -0.1) is 0 Å². The van der Waals surface area contributed by atoms with Crippen LogP contribution in [0.2, 0.25) is 0 Å². The van der Waals surface area contributed by atoms with E-state index in [1.54, 1.807) is 0 Å². The molecule has 0 aromatic carbocycles. The summed E-state index contributed by atoms with van der Waals surface area (Å²) in [6.45, 7) is 4.80. The number of nitrogens with zero attached hydrogens (tertiary/aromatic N) is 1. The van der Waals surface area contributed by atoms with E-state index in [0.717, 1.165) is 12.8 Å². The highest BCUT2D eigenvalue weighted by Crippen LogP contribution is 2.16. The second kappa shape index (κ2) is 22.6. The average Bonchev–Trinajstić information content (AvgIpc) is 2.78. The van der Waals surface area contributed by atoms with Gasteiger partial charge in [0, 0.05) is 19.3 Å². The summed E-state index contributed by atoms with van der Waals surface area (Å²) >= 11 is 0. The molecular weight excluding hydrogens is 446 g/mol. The Bertz CT molecular complexity index is 540. The van der Waals surface area contributed by atoms with Crippen LogP contribution in [0.3, 0.4) is 0 Å². The molecule has 0 aliphatic heterocycles. The van der Waals surface area contributed by atoms with Gasteiger partial charge in [0.05, 0.1) is 45.4 Å². The molecule has 0 aromatic heterocycles. The molecule has 0 saturated heterocycles. The summed E-state index contributed by atoms with van der Waals surface area (Å²) in [4.78, 5) is 33.0. The number of carboxylic acid groups (broad SMARTS) is 3. The fourth-order valence-corrected chi connectivity index (χ4v) is 4.65. The number of carboxylic acids is 3. The lowest BCUT2D eigenvalue weighted by Gasteiger charge is -2.38. The minimum atomic E-state index is -0.841. The van der Waals surface area contributed by atoms with Crippen LogP contribution in [0.5, 0.6) is 0 Å². The third-order valence-electron chi connectivity index (χ3n) is 6.70. The number of aliphatic carboxylic acids is 3. The smallest absolute Gasteiger partial charge is 0.303 e. The van der Waals surface area contributed by atoms with Gasteiger partial charge in [-0.1, -0.05) is 77.2 Å². The highest BCUT2D eigenvalue weighted by molar-refractivity contribution is 5.67. The zero-order valence-corrected chi connectivity index (χ0v) is 22.2. The minimum Gasteiger partial charge on any atom is -0.481 e. The Morgan fingerprint density at radius 2 is 0.914 bits per heavy atom. The number of allylic oxidation sites excluding steroid dienone is 1. The van der Waals surface area contributed by atoms with Crippen LogP contribution < -0.4 is 0 Å². The van der Waals surface area contributed by atoms with Gasteiger partial charge in [-0.3, -0.25) is 14.4 Å². The van der Waals surface area contributed by atoms with E-state index in [1.807, 2.05) is 0 Å². The van der Waals surface area contributed by atoms with Crippen molar-refractivity contribution in [3.63, 3.8) is 0 Å². The molecule has 0 aliphatic rings. The van der Waals surface area contributed by atoms with Crippen LogP contribution >= 0.6 is 0 Å². The highest BCUT2D eigenvalue weighted by atomic mass is 16.4. The highest BCUT2D eigenvalue weighted by Gasteiger charge is 2.26. The molecule has 0 spiro atoms. The Morgan fingerprint density at radius 3 is 1.29 bits per heavy atom. The predicted octanol–water partition coefficient (Wildman–Crippen LogP) is 6.65. The molecule has 0 atom stereocenters. The number of hydrogen-bond donors (Lipinski definition) is 3. The molecule has 0 unspecified atom stereocenters. The molecule has 7 heteroatoms. The average molecular weight is 499 g/mol. The lowest BCUT2D eigenvalue weighted by Crippen LogP contribution is -2.50. The normalized spacial score (nSPS) is 11.8. The monoisotopic (exact) mass is 498 g/mol. The van der Waals surface area contributed by atoms with Crippen LogP contribution in [0.15, 0.2) is 12.2 Å². The molecule has 204 valence electrons. The fourth-order valence-electron chi connectivity index (χ4n) is 4.65. The predicted molar refractivity (Wildman–Crippen MR) is 141 cm³/mol. The van der Waals surface area contributed by atoms with Crippen LogP contribution in [-0.2, 0) is 14.4 Å². The van der Waals surface area contributed by atoms with Gasteiger partial charge in [0.2, 0.25) is 0 Å². The number of hydrogen-bond acceptors (Lipinski definition) is 3. The topological polar surface area (TPSA) is 112 Å². The first-order valence-electron chi connectivity index (χ1n) is 14.0. The maximum Gasteiger partial charge on any atom is 0.303 e. The van der Waals surface area contributed by atoms with Crippen molar-refractivity contribution in [2.75, 3.05) is 26.2 Å². The Labute approximate surface area is 213 Å². The van der Waals surface area contributed by atoms with E-state index in [9.17, 15) is 14.4 Å². The van der Waals surface area contributed by atoms with Crippen LogP contribution in [-0.4, -0.2) is 63.9 Å². The lowest BCUT2D eigenvalue weighted by molar-refractivity contribution is -0.923. The molecule has 35 heavy (non-hydrogen) atoms. The molecule has 7 nitrogen and oxygen atoms in total. The summed E-state index contributed by atoms with van der Waals surface area (Å²) in [5.41, 5.74) is 0. The molecule has 0 saturated carbocycles. The molecule has 0 aliphatic carbocycles. The molecule has 0 heterocycles. The molecule has 0 fully saturated rings. The van der Waals surface area contributed by atoms with Crippen molar-refractivity contribution in [3.05, 3.63) is 12.2 Å². The maximum atomic E-state index is 11.0. The zero-order chi connectivity index (χ0) is 26.2. The quantitative estimate of drug-likeness (QED) is 0.0699. The van der Waals surface area contributed by atoms with Gasteiger partial charge in [0.15, 0.2) is 0 Å². The summed E-state index contributed by atoms with van der Waals surface area (Å²) in [5.74, 6) is -2.52. The summed E-state index contributed by atoms with van der Waals surface area (Å²) < 4.78 is 0.558. The fraction of sp³-hybridized carbons (Fsp3) is 0.821. The van der Waals surface area contributed by atoms with Gasteiger partial charge in [0.25, 0.3) is 0 Å². The SMILES string of the molecule is CCCCCCCCCCCCC/C=C/C[N+](CCCC(=O)O)(CCCC(=O)O)CCCC(=O)O. The first-order chi connectivity index (χ1) is 16.8. The van der Waals surface area contributed by atoms with E-state index in [4.69, 9.17) is 15.3 Å². The van der Waals surface area contributed by atoms with Crippen molar-refractivity contribution in [2.24, 2.45) is 0 Å². The Kier molecular flexibility index (Phi) is 21.3. The Hall–Kier alpha value is -1.89. The third-order valence-corrected chi connectivity index (χ3v) is 6.70. The summed E-state index contributed by atoms with van der Waals surface area (Å²) in [7, 11) is 0. The second-order valence-electron chi connectivity index (χ2n) is 9.98. The van der Waals surface area contributed by atoms with Gasteiger partial charge >= 0.3 is 17.9 Å². The van der Waals surface area contributed by atoms with Crippen molar-refractivity contribution < 1.29 is 34.2 Å². The number of carbonyl (C=O) groups is 3. The van der Waals surface area contributed by atoms with Gasteiger partial charge in [-0.2, -0.15) is 0 Å². The van der Waals surface area contributed by atoms with Crippen LogP contribution in [0.25, 0.3) is 0 Å². The van der Waals surface area contributed by atoms with Crippen molar-refractivity contribution >= 4 is 17.9 Å². The summed E-state index contributed by atoms with van der Waals surface area (Å²) in [6.07, 6.45) is 21.5. The minimum absolute atomic E-state index is 0.0698. The van der Waals surface area contributed by atoms with E-state index < -0.39 is 17.9 Å². The lowest BCUT2D eigenvalue weighted by atomic mass is 10.1. The van der Waals surface area contributed by atoms with E-state index in [2.05, 4.69) is 19.1 Å². The molecule has 0 aromatic rings. The molecule has 0 bridgehead atoms. The van der Waals surface area contributed by atoms with E-state index in [0.29, 0.717) is 49.9 Å². The van der Waals surface area contributed by atoms with Crippen LogP contribution in [0.1, 0.15) is 122 Å². The first kappa shape index (κ1) is 33.1. The molecule has 0 amide bonds.